The van der Waals surface area contributed by atoms with E-state index < -0.39 is 0 Å². The Bertz CT molecular complexity index is 442. The minimum absolute atomic E-state index is 0.603. The van der Waals surface area contributed by atoms with E-state index in [0.29, 0.717) is 12.6 Å². The first-order chi connectivity index (χ1) is 7.93. The molecule has 84 valence electrons. The number of benzene rings is 1. The summed E-state index contributed by atoms with van der Waals surface area (Å²) in [5.41, 5.74) is 4.90. The van der Waals surface area contributed by atoms with E-state index in [1.165, 1.54) is 0 Å². The van der Waals surface area contributed by atoms with Crippen LogP contribution in [0.4, 0.5) is 6.01 Å². The summed E-state index contributed by atoms with van der Waals surface area (Å²) in [6.45, 7) is 2.92. The highest BCUT2D eigenvalue weighted by Gasteiger charge is 2.15. The number of para-hydroxylation sites is 2. The predicted molar refractivity (Wildman–Crippen MR) is 60.2 cm³/mol. The maximum absolute atomic E-state index is 5.66. The van der Waals surface area contributed by atoms with Gasteiger partial charge in [0.05, 0.1) is 19.8 Å². The van der Waals surface area contributed by atoms with Crippen molar-refractivity contribution in [3.8, 4) is 0 Å². The maximum Gasteiger partial charge on any atom is 0.313 e. The van der Waals surface area contributed by atoms with Crippen LogP contribution in [0.2, 0.25) is 0 Å². The number of nitrogens with zero attached hydrogens (tertiary/aromatic N) is 2. The van der Waals surface area contributed by atoms with Crippen LogP contribution >= 0.6 is 0 Å². The van der Waals surface area contributed by atoms with Gasteiger partial charge in [-0.2, -0.15) is 4.98 Å². The summed E-state index contributed by atoms with van der Waals surface area (Å²) < 4.78 is 11.0. The summed E-state index contributed by atoms with van der Waals surface area (Å²) in [6.07, 6.45) is 0. The van der Waals surface area contributed by atoms with Gasteiger partial charge in [-0.25, -0.2) is 5.43 Å². The van der Waals surface area contributed by atoms with E-state index >= 15 is 0 Å². The average molecular weight is 219 g/mol. The highest BCUT2D eigenvalue weighted by atomic mass is 16.5. The summed E-state index contributed by atoms with van der Waals surface area (Å²) in [5.74, 6) is 0. The van der Waals surface area contributed by atoms with E-state index in [2.05, 4.69) is 10.4 Å². The van der Waals surface area contributed by atoms with Crippen LogP contribution in [0, 0.1) is 0 Å². The molecule has 2 aromatic rings. The van der Waals surface area contributed by atoms with E-state index in [1.54, 1.807) is 0 Å². The molecule has 2 heterocycles. The molecule has 1 N–H and O–H groups in total. The molecule has 0 spiro atoms. The van der Waals surface area contributed by atoms with Gasteiger partial charge in [0.2, 0.25) is 0 Å². The van der Waals surface area contributed by atoms with Crippen LogP contribution in [-0.2, 0) is 4.74 Å². The standard InChI is InChI=1S/C11H13N3O2/c1-2-4-10-9(3-1)13-11(16-10)14-6-8-15-7-5-12-14/h1-4,12H,5-8H2. The third-order valence-corrected chi connectivity index (χ3v) is 2.52. The molecular weight excluding hydrogens is 206 g/mol. The molecule has 0 radical (unpaired) electrons. The Labute approximate surface area is 93.0 Å². The molecule has 0 atom stereocenters. The molecule has 1 fully saturated rings. The predicted octanol–water partition coefficient (Wildman–Crippen LogP) is 1.17. The second kappa shape index (κ2) is 4.11. The number of hydrazine groups is 1. The zero-order chi connectivity index (χ0) is 10.8. The number of ether oxygens (including phenoxy) is 1. The topological polar surface area (TPSA) is 50.5 Å². The van der Waals surface area contributed by atoms with Gasteiger partial charge < -0.3 is 9.15 Å². The zero-order valence-corrected chi connectivity index (χ0v) is 8.85. The van der Waals surface area contributed by atoms with Crippen molar-refractivity contribution in [2.24, 2.45) is 0 Å². The number of aromatic nitrogens is 1. The average Bonchev–Trinajstić information content (AvgIpc) is 2.56. The second-order valence-corrected chi connectivity index (χ2v) is 3.64. The van der Waals surface area contributed by atoms with Crippen molar-refractivity contribution in [1.82, 2.24) is 10.4 Å². The molecule has 1 aliphatic rings. The molecule has 5 heteroatoms. The van der Waals surface area contributed by atoms with E-state index in [-0.39, 0.29) is 0 Å². The maximum atomic E-state index is 5.66. The fourth-order valence-electron chi connectivity index (χ4n) is 1.73. The molecular formula is C11H13N3O2. The fourth-order valence-corrected chi connectivity index (χ4v) is 1.73. The van der Waals surface area contributed by atoms with Gasteiger partial charge in [-0.1, -0.05) is 12.1 Å². The van der Waals surface area contributed by atoms with E-state index in [4.69, 9.17) is 9.15 Å². The van der Waals surface area contributed by atoms with Crippen LogP contribution < -0.4 is 10.4 Å². The lowest BCUT2D eigenvalue weighted by molar-refractivity contribution is 0.158. The molecule has 3 rings (SSSR count). The SMILES string of the molecule is c1ccc2oc(N3CCOCCN3)nc2c1. The zero-order valence-electron chi connectivity index (χ0n) is 8.85. The molecule has 0 unspecified atom stereocenters. The third kappa shape index (κ3) is 1.75. The molecule has 1 aromatic heterocycles. The largest absolute Gasteiger partial charge is 0.422 e. The van der Waals surface area contributed by atoms with Gasteiger partial charge >= 0.3 is 6.01 Å². The Hall–Kier alpha value is -1.59. The Balaban J connectivity index is 1.92. The number of hydrogen-bond donors (Lipinski definition) is 1. The van der Waals surface area contributed by atoms with Crippen molar-refractivity contribution >= 4 is 17.1 Å². The quantitative estimate of drug-likeness (QED) is 0.780. The van der Waals surface area contributed by atoms with E-state index in [0.717, 1.165) is 30.8 Å². The molecule has 0 saturated carbocycles. The number of rotatable bonds is 1. The lowest BCUT2D eigenvalue weighted by Crippen LogP contribution is -2.39. The molecule has 0 amide bonds. The van der Waals surface area contributed by atoms with Crippen LogP contribution in [-0.4, -0.2) is 31.3 Å². The number of oxazole rings is 1. The van der Waals surface area contributed by atoms with Gasteiger partial charge in [-0.15, -0.1) is 0 Å². The summed E-state index contributed by atoms with van der Waals surface area (Å²) in [5, 5.41) is 1.90. The van der Waals surface area contributed by atoms with Crippen molar-refractivity contribution in [1.29, 1.82) is 0 Å². The lowest BCUT2D eigenvalue weighted by Gasteiger charge is -2.16. The third-order valence-electron chi connectivity index (χ3n) is 2.52. The van der Waals surface area contributed by atoms with Crippen molar-refractivity contribution in [2.45, 2.75) is 0 Å². The minimum atomic E-state index is 0.603. The normalized spacial score (nSPS) is 17.6. The Morgan fingerprint density at radius 1 is 1.25 bits per heavy atom. The number of hydrogen-bond acceptors (Lipinski definition) is 5. The van der Waals surface area contributed by atoms with Crippen molar-refractivity contribution in [3.63, 3.8) is 0 Å². The molecule has 0 bridgehead atoms. The Kier molecular flexibility index (Phi) is 2.47. The van der Waals surface area contributed by atoms with Gasteiger partial charge in [-0.05, 0) is 12.1 Å². The summed E-state index contributed by atoms with van der Waals surface area (Å²) >= 11 is 0. The van der Waals surface area contributed by atoms with Crippen LogP contribution in [0.1, 0.15) is 0 Å². The minimum Gasteiger partial charge on any atom is -0.422 e. The second-order valence-electron chi connectivity index (χ2n) is 3.64. The van der Waals surface area contributed by atoms with Gasteiger partial charge in [0, 0.05) is 6.54 Å². The molecule has 5 nitrogen and oxygen atoms in total. The lowest BCUT2D eigenvalue weighted by atomic mass is 10.3. The summed E-state index contributed by atoms with van der Waals surface area (Å²) in [4.78, 5) is 4.42. The van der Waals surface area contributed by atoms with Crippen LogP contribution in [0.15, 0.2) is 28.7 Å². The number of nitrogens with one attached hydrogen (secondary N) is 1. The fraction of sp³-hybridized carbons (Fsp3) is 0.364. The monoisotopic (exact) mass is 219 g/mol. The highest BCUT2D eigenvalue weighted by molar-refractivity contribution is 5.74. The first kappa shape index (κ1) is 9.62. The van der Waals surface area contributed by atoms with Gasteiger partial charge in [-0.3, -0.25) is 5.01 Å². The van der Waals surface area contributed by atoms with Crippen molar-refractivity contribution in [3.05, 3.63) is 24.3 Å². The van der Waals surface area contributed by atoms with Crippen LogP contribution in [0.5, 0.6) is 0 Å². The van der Waals surface area contributed by atoms with Gasteiger partial charge in [0.1, 0.15) is 5.52 Å². The summed E-state index contributed by atoms with van der Waals surface area (Å²) in [7, 11) is 0. The van der Waals surface area contributed by atoms with Crippen molar-refractivity contribution in [2.75, 3.05) is 31.3 Å². The van der Waals surface area contributed by atoms with Crippen molar-refractivity contribution < 1.29 is 9.15 Å². The summed E-state index contributed by atoms with van der Waals surface area (Å²) in [6, 6.07) is 8.35. The first-order valence-electron chi connectivity index (χ1n) is 5.38. The van der Waals surface area contributed by atoms with Crippen LogP contribution in [0.3, 0.4) is 0 Å². The Morgan fingerprint density at radius 3 is 3.12 bits per heavy atom. The molecule has 1 aromatic carbocycles. The van der Waals surface area contributed by atoms with Crippen LogP contribution in [0.25, 0.3) is 11.1 Å². The molecule has 1 aliphatic heterocycles. The molecule has 0 aliphatic carbocycles. The number of fused-ring (bicyclic) bond motifs is 1. The smallest absolute Gasteiger partial charge is 0.313 e. The van der Waals surface area contributed by atoms with E-state index in [1.807, 2.05) is 29.3 Å². The molecule has 1 saturated heterocycles. The highest BCUT2D eigenvalue weighted by Crippen LogP contribution is 2.20. The van der Waals surface area contributed by atoms with E-state index in [9.17, 15) is 0 Å². The van der Waals surface area contributed by atoms with Gasteiger partial charge in [0.25, 0.3) is 0 Å². The molecule has 16 heavy (non-hydrogen) atoms. The number of anilines is 1. The van der Waals surface area contributed by atoms with Gasteiger partial charge in [0.15, 0.2) is 5.58 Å². The first-order valence-corrected chi connectivity index (χ1v) is 5.38. The Morgan fingerprint density at radius 2 is 2.19 bits per heavy atom.